The second-order valence-electron chi connectivity index (χ2n) is 1.69. The zero-order chi connectivity index (χ0) is 7.44. The van der Waals surface area contributed by atoms with Crippen LogP contribution in [0.3, 0.4) is 0 Å². The zero-order valence-electron chi connectivity index (χ0n) is 5.23. The molecule has 0 amide bonds. The van der Waals surface area contributed by atoms with Crippen molar-refractivity contribution in [1.29, 1.82) is 0 Å². The molecule has 0 atom stereocenters. The van der Waals surface area contributed by atoms with Gasteiger partial charge in [0.15, 0.2) is 5.78 Å². The molecular weight excluding hydrogens is 116 g/mol. The summed E-state index contributed by atoms with van der Waals surface area (Å²) < 4.78 is 0. The number of Topliss-reactive ketones (excluding diaryl/α,β-unsaturated/α-hetero) is 1. The molecule has 0 aliphatic heterocycles. The lowest BCUT2D eigenvalue weighted by atomic mass is 10.1. The van der Waals surface area contributed by atoms with Crippen LogP contribution in [-0.4, -0.2) is 12.1 Å². The van der Waals surface area contributed by atoms with E-state index in [1.165, 1.54) is 13.2 Å². The van der Waals surface area contributed by atoms with E-state index in [-0.39, 0.29) is 5.57 Å². The minimum atomic E-state index is -0.426. The molecule has 0 bridgehead atoms. The van der Waals surface area contributed by atoms with Crippen LogP contribution in [0.1, 0.15) is 6.92 Å². The summed E-state index contributed by atoms with van der Waals surface area (Å²) >= 11 is 0. The van der Waals surface area contributed by atoms with E-state index in [1.807, 2.05) is 0 Å². The van der Waals surface area contributed by atoms with Crippen LogP contribution in [0.15, 0.2) is 24.3 Å². The predicted molar refractivity (Wildman–Crippen MR) is 34.7 cm³/mol. The van der Waals surface area contributed by atoms with Crippen LogP contribution in [0, 0.1) is 0 Å². The maximum absolute atomic E-state index is 10.6. The van der Waals surface area contributed by atoms with Crippen molar-refractivity contribution in [1.82, 2.24) is 0 Å². The van der Waals surface area contributed by atoms with Gasteiger partial charge in [-0.05, 0) is 12.5 Å². The van der Waals surface area contributed by atoms with E-state index >= 15 is 0 Å². The van der Waals surface area contributed by atoms with Gasteiger partial charge in [0, 0.05) is 0 Å². The summed E-state index contributed by atoms with van der Waals surface area (Å²) in [6.07, 6.45) is 1.39. The van der Waals surface area contributed by atoms with E-state index in [2.05, 4.69) is 13.2 Å². The Morgan fingerprint density at radius 1 is 1.44 bits per heavy atom. The molecule has 0 spiro atoms. The molecule has 0 aromatic rings. The highest BCUT2D eigenvalue weighted by atomic mass is 16.1. The van der Waals surface area contributed by atoms with Crippen LogP contribution in [0.4, 0.5) is 0 Å². The van der Waals surface area contributed by atoms with Crippen molar-refractivity contribution < 1.29 is 9.59 Å². The molecule has 0 rings (SSSR count). The number of allylic oxidation sites excluding steroid dienone is 2. The lowest BCUT2D eigenvalue weighted by Gasteiger charge is -1.91. The molecule has 9 heavy (non-hydrogen) atoms. The van der Waals surface area contributed by atoms with Crippen molar-refractivity contribution in [3.8, 4) is 0 Å². The number of hydrogen-bond donors (Lipinski definition) is 0. The Morgan fingerprint density at radius 2 is 1.89 bits per heavy atom. The second kappa shape index (κ2) is 2.97. The number of carbonyl (C=O) groups is 1. The van der Waals surface area contributed by atoms with Crippen LogP contribution in [0.5, 0.6) is 0 Å². The van der Waals surface area contributed by atoms with Gasteiger partial charge in [-0.1, -0.05) is 13.2 Å². The summed E-state index contributed by atoms with van der Waals surface area (Å²) in [6, 6.07) is 0. The first-order chi connectivity index (χ1) is 4.09. The van der Waals surface area contributed by atoms with Crippen LogP contribution in [0.25, 0.3) is 0 Å². The first-order valence-corrected chi connectivity index (χ1v) is 2.37. The van der Waals surface area contributed by atoms with E-state index in [9.17, 15) is 9.59 Å². The Bertz CT molecular complexity index is 177. The third kappa shape index (κ3) is 2.04. The van der Waals surface area contributed by atoms with Gasteiger partial charge in [-0.2, -0.15) is 0 Å². The van der Waals surface area contributed by atoms with Gasteiger partial charge >= 0.3 is 0 Å². The predicted octanol–water partition coefficient (Wildman–Crippen LogP) is 0.797. The molecule has 0 saturated heterocycles. The number of hydrogen-bond acceptors (Lipinski definition) is 2. The van der Waals surface area contributed by atoms with Crippen molar-refractivity contribution in [2.24, 2.45) is 0 Å². The summed E-state index contributed by atoms with van der Waals surface area (Å²) in [5.41, 5.74) is 0.144. The highest BCUT2D eigenvalue weighted by molar-refractivity contribution is 6.18. The molecule has 0 fully saturated rings. The third-order valence-corrected chi connectivity index (χ3v) is 0.785. The van der Waals surface area contributed by atoms with Crippen LogP contribution < -0.4 is 0 Å². The van der Waals surface area contributed by atoms with E-state index in [1.54, 1.807) is 0 Å². The number of carbonyl (C=O) groups excluding carboxylic acids is 2. The number of rotatable bonds is 3. The molecule has 1 radical (unpaired) electrons. The summed E-state index contributed by atoms with van der Waals surface area (Å²) in [4.78, 5) is 20.4. The Balaban J connectivity index is 4.22. The average molecular weight is 123 g/mol. The summed E-state index contributed by atoms with van der Waals surface area (Å²) in [6.45, 7) is 8.01. The largest absolute Gasteiger partial charge is 0.289 e. The first-order valence-electron chi connectivity index (χ1n) is 2.37. The molecule has 0 saturated carbocycles. The minimum absolute atomic E-state index is 0.164. The Kier molecular flexibility index (Phi) is 2.58. The molecule has 0 aromatic heterocycles. The van der Waals surface area contributed by atoms with Crippen LogP contribution in [0.2, 0.25) is 0 Å². The molecule has 2 nitrogen and oxygen atoms in total. The van der Waals surface area contributed by atoms with Gasteiger partial charge < -0.3 is 0 Å². The fraction of sp³-hybridized carbons (Fsp3) is 0.143. The SMILES string of the molecule is C=C(C)C(=O)C(=C)[C]=O. The maximum Gasteiger partial charge on any atom is 0.236 e. The van der Waals surface area contributed by atoms with Gasteiger partial charge in [-0.15, -0.1) is 0 Å². The average Bonchev–Trinajstić information content (AvgIpc) is 1.84. The van der Waals surface area contributed by atoms with Crippen LogP contribution in [-0.2, 0) is 9.59 Å². The maximum atomic E-state index is 10.6. The highest BCUT2D eigenvalue weighted by Crippen LogP contribution is 1.96. The molecule has 0 aliphatic carbocycles. The highest BCUT2D eigenvalue weighted by Gasteiger charge is 2.05. The number of ketones is 1. The Labute approximate surface area is 53.9 Å². The van der Waals surface area contributed by atoms with Crippen molar-refractivity contribution in [3.63, 3.8) is 0 Å². The third-order valence-electron chi connectivity index (χ3n) is 0.785. The van der Waals surface area contributed by atoms with Gasteiger partial charge in [-0.25, -0.2) is 0 Å². The fourth-order valence-corrected chi connectivity index (χ4v) is 0.304. The van der Waals surface area contributed by atoms with E-state index in [4.69, 9.17) is 0 Å². The summed E-state index contributed by atoms with van der Waals surface area (Å²) in [7, 11) is 0. The summed E-state index contributed by atoms with van der Waals surface area (Å²) in [5.74, 6) is -0.426. The molecule has 0 unspecified atom stereocenters. The fourth-order valence-electron chi connectivity index (χ4n) is 0.304. The lowest BCUT2D eigenvalue weighted by Crippen LogP contribution is -2.01. The van der Waals surface area contributed by atoms with Gasteiger partial charge in [0.2, 0.25) is 6.29 Å². The summed E-state index contributed by atoms with van der Waals surface area (Å²) in [5, 5.41) is 0. The Hall–Kier alpha value is -1.18. The second-order valence-corrected chi connectivity index (χ2v) is 1.69. The first kappa shape index (κ1) is 7.82. The van der Waals surface area contributed by atoms with Gasteiger partial charge in [-0.3, -0.25) is 9.59 Å². The normalized spacial score (nSPS) is 8.11. The molecule has 2 heteroatoms. The van der Waals surface area contributed by atoms with Crippen LogP contribution >= 0.6 is 0 Å². The molecular formula is C7H7O2. The standard InChI is InChI=1S/C7H7O2/c1-5(2)7(9)6(3)4-8/h1,3H2,2H3. The van der Waals surface area contributed by atoms with E-state index in [0.29, 0.717) is 5.57 Å². The molecule has 0 aromatic carbocycles. The van der Waals surface area contributed by atoms with Gasteiger partial charge in [0.25, 0.3) is 0 Å². The van der Waals surface area contributed by atoms with E-state index < -0.39 is 5.78 Å². The molecule has 0 heterocycles. The molecule has 47 valence electrons. The zero-order valence-corrected chi connectivity index (χ0v) is 5.23. The quantitative estimate of drug-likeness (QED) is 0.316. The van der Waals surface area contributed by atoms with E-state index in [0.717, 1.165) is 0 Å². The van der Waals surface area contributed by atoms with Crippen molar-refractivity contribution >= 4 is 12.1 Å². The monoisotopic (exact) mass is 123 g/mol. The Morgan fingerprint density at radius 3 is 2.00 bits per heavy atom. The topological polar surface area (TPSA) is 34.1 Å². The lowest BCUT2D eigenvalue weighted by molar-refractivity contribution is -0.111. The molecule has 0 N–H and O–H groups in total. The van der Waals surface area contributed by atoms with Crippen molar-refractivity contribution in [2.75, 3.05) is 0 Å². The molecule has 0 aliphatic rings. The van der Waals surface area contributed by atoms with Crippen molar-refractivity contribution in [3.05, 3.63) is 24.3 Å². The van der Waals surface area contributed by atoms with Crippen molar-refractivity contribution in [2.45, 2.75) is 6.92 Å². The minimum Gasteiger partial charge on any atom is -0.289 e. The smallest absolute Gasteiger partial charge is 0.236 e. The van der Waals surface area contributed by atoms with Gasteiger partial charge in [0.1, 0.15) is 0 Å². The van der Waals surface area contributed by atoms with Gasteiger partial charge in [0.05, 0.1) is 5.57 Å².